The number of non-ortho nitro benzene ring substituents is 1. The first-order valence-electron chi connectivity index (χ1n) is 7.49. The fourth-order valence-electron chi connectivity index (χ4n) is 2.17. The van der Waals surface area contributed by atoms with E-state index in [4.69, 9.17) is 16.3 Å². The number of carbonyl (C=O) groups excluding carboxylic acids is 1. The Hall–Kier alpha value is -2.69. The lowest BCUT2D eigenvalue weighted by atomic mass is 10.3. The van der Waals surface area contributed by atoms with E-state index in [1.807, 2.05) is 0 Å². The van der Waals surface area contributed by atoms with Crippen molar-refractivity contribution in [1.82, 2.24) is 4.31 Å². The molecule has 1 amide bonds. The summed E-state index contributed by atoms with van der Waals surface area (Å²) in [7, 11) is -1.33. The maximum absolute atomic E-state index is 12.6. The molecule has 0 saturated carbocycles. The van der Waals surface area contributed by atoms with Crippen LogP contribution >= 0.6 is 11.6 Å². The topological polar surface area (TPSA) is 119 Å². The minimum atomic E-state index is -3.97. The molecule has 0 spiro atoms. The highest BCUT2D eigenvalue weighted by atomic mass is 35.5. The highest BCUT2D eigenvalue weighted by Gasteiger charge is 2.24. The highest BCUT2D eigenvalue weighted by molar-refractivity contribution is 7.89. The molecule has 0 aliphatic heterocycles. The molecule has 0 bridgehead atoms. The number of ether oxygens (including phenoxy) is 1. The van der Waals surface area contributed by atoms with Crippen LogP contribution in [-0.4, -0.2) is 44.3 Å². The molecule has 0 aliphatic rings. The first-order chi connectivity index (χ1) is 12.6. The van der Waals surface area contributed by atoms with Gasteiger partial charge in [0.2, 0.25) is 15.9 Å². The number of rotatable bonds is 7. The van der Waals surface area contributed by atoms with E-state index in [1.165, 1.54) is 56.6 Å². The van der Waals surface area contributed by atoms with Gasteiger partial charge in [-0.15, -0.1) is 0 Å². The van der Waals surface area contributed by atoms with Crippen molar-refractivity contribution in [2.75, 3.05) is 26.0 Å². The number of benzene rings is 2. The number of hydrogen-bond acceptors (Lipinski definition) is 6. The zero-order chi connectivity index (χ0) is 20.2. The Morgan fingerprint density at radius 2 is 2.00 bits per heavy atom. The Morgan fingerprint density at radius 3 is 2.59 bits per heavy atom. The SMILES string of the molecule is COc1ccc(S(=O)(=O)N(C)CC(=O)Nc2cccc([N+](=O)[O-])c2)cc1Cl. The number of amides is 1. The molecule has 0 saturated heterocycles. The predicted octanol–water partition coefficient (Wildman–Crippen LogP) is 2.52. The Balaban J connectivity index is 2.12. The van der Waals surface area contributed by atoms with Crippen molar-refractivity contribution in [2.24, 2.45) is 0 Å². The van der Waals surface area contributed by atoms with Crippen molar-refractivity contribution in [3.05, 3.63) is 57.6 Å². The quantitative estimate of drug-likeness (QED) is 0.550. The Labute approximate surface area is 160 Å². The van der Waals surface area contributed by atoms with Gasteiger partial charge in [0.25, 0.3) is 5.69 Å². The first kappa shape index (κ1) is 20.6. The van der Waals surface area contributed by atoms with Crippen molar-refractivity contribution in [2.45, 2.75) is 4.90 Å². The standard InChI is InChI=1S/C16H16ClN3O6S/c1-19(27(24,25)13-6-7-15(26-2)14(17)9-13)10-16(21)18-11-4-3-5-12(8-11)20(22)23/h3-9H,10H2,1-2H3,(H,18,21). The Kier molecular flexibility index (Phi) is 6.37. The number of halogens is 1. The van der Waals surface area contributed by atoms with Gasteiger partial charge >= 0.3 is 0 Å². The van der Waals surface area contributed by atoms with Crippen molar-refractivity contribution in [3.8, 4) is 5.75 Å². The van der Waals surface area contributed by atoms with E-state index in [2.05, 4.69) is 5.32 Å². The van der Waals surface area contributed by atoms with Crippen molar-refractivity contribution >= 4 is 38.9 Å². The van der Waals surface area contributed by atoms with E-state index in [-0.39, 0.29) is 21.3 Å². The molecule has 0 atom stereocenters. The van der Waals surface area contributed by atoms with Gasteiger partial charge in [0.15, 0.2) is 0 Å². The number of sulfonamides is 1. The van der Waals surface area contributed by atoms with E-state index in [0.717, 1.165) is 4.31 Å². The summed E-state index contributed by atoms with van der Waals surface area (Å²) in [6.07, 6.45) is 0. The van der Waals surface area contributed by atoms with Crippen LogP contribution in [0.1, 0.15) is 0 Å². The zero-order valence-corrected chi connectivity index (χ0v) is 16.0. The number of hydrogen-bond donors (Lipinski definition) is 1. The van der Waals surface area contributed by atoms with E-state index in [1.54, 1.807) is 0 Å². The van der Waals surface area contributed by atoms with Crippen molar-refractivity contribution < 1.29 is 22.9 Å². The molecular weight excluding hydrogens is 398 g/mol. The van der Waals surface area contributed by atoms with Crippen LogP contribution in [0.15, 0.2) is 47.4 Å². The summed E-state index contributed by atoms with van der Waals surface area (Å²) >= 11 is 5.95. The van der Waals surface area contributed by atoms with Crippen molar-refractivity contribution in [3.63, 3.8) is 0 Å². The zero-order valence-electron chi connectivity index (χ0n) is 14.4. The van der Waals surface area contributed by atoms with Gasteiger partial charge in [-0.25, -0.2) is 8.42 Å². The lowest BCUT2D eigenvalue weighted by molar-refractivity contribution is -0.384. The van der Waals surface area contributed by atoms with Gasteiger partial charge in [-0.1, -0.05) is 17.7 Å². The van der Waals surface area contributed by atoms with E-state index < -0.39 is 27.4 Å². The maximum atomic E-state index is 12.6. The second-order valence-electron chi connectivity index (χ2n) is 5.41. The summed E-state index contributed by atoms with van der Waals surface area (Å²) < 4.78 is 31.0. The van der Waals surface area contributed by atoms with E-state index >= 15 is 0 Å². The molecule has 2 rings (SSSR count). The maximum Gasteiger partial charge on any atom is 0.271 e. The van der Waals surface area contributed by atoms with Gasteiger partial charge < -0.3 is 10.1 Å². The van der Waals surface area contributed by atoms with Crippen LogP contribution in [0.4, 0.5) is 11.4 Å². The number of nitrogens with one attached hydrogen (secondary N) is 1. The number of methoxy groups -OCH3 is 1. The summed E-state index contributed by atoms with van der Waals surface area (Å²) in [5.74, 6) is -0.331. The molecule has 0 aliphatic carbocycles. The fraction of sp³-hybridized carbons (Fsp3) is 0.188. The molecule has 2 aromatic carbocycles. The molecule has 1 N–H and O–H groups in total. The number of nitro benzene ring substituents is 1. The average Bonchev–Trinajstić information content (AvgIpc) is 2.61. The minimum Gasteiger partial charge on any atom is -0.495 e. The molecule has 144 valence electrons. The Bertz CT molecular complexity index is 980. The van der Waals surface area contributed by atoms with Crippen LogP contribution in [0.3, 0.4) is 0 Å². The second kappa shape index (κ2) is 8.33. The molecule has 9 nitrogen and oxygen atoms in total. The number of likely N-dealkylation sites (N-methyl/N-ethyl adjacent to an activating group) is 1. The molecule has 2 aromatic rings. The fourth-order valence-corrected chi connectivity index (χ4v) is 3.65. The Morgan fingerprint density at radius 1 is 1.30 bits per heavy atom. The lowest BCUT2D eigenvalue weighted by Gasteiger charge is -2.17. The summed E-state index contributed by atoms with van der Waals surface area (Å²) in [5, 5.41) is 13.3. The van der Waals surface area contributed by atoms with Crippen LogP contribution in [0.25, 0.3) is 0 Å². The van der Waals surface area contributed by atoms with Crippen LogP contribution in [0.2, 0.25) is 5.02 Å². The third-order valence-corrected chi connectivity index (χ3v) is 5.63. The highest BCUT2D eigenvalue weighted by Crippen LogP contribution is 2.28. The van der Waals surface area contributed by atoms with Gasteiger partial charge in [-0.2, -0.15) is 4.31 Å². The van der Waals surface area contributed by atoms with Gasteiger partial charge in [-0.3, -0.25) is 14.9 Å². The van der Waals surface area contributed by atoms with Crippen LogP contribution < -0.4 is 10.1 Å². The van der Waals surface area contributed by atoms with E-state index in [9.17, 15) is 23.3 Å². The van der Waals surface area contributed by atoms with Gasteiger partial charge in [-0.05, 0) is 24.3 Å². The normalized spacial score (nSPS) is 11.3. The molecular formula is C16H16ClN3O6S. The largest absolute Gasteiger partial charge is 0.495 e. The molecule has 27 heavy (non-hydrogen) atoms. The van der Waals surface area contributed by atoms with Crippen LogP contribution in [-0.2, 0) is 14.8 Å². The molecule has 11 heteroatoms. The molecule has 0 fully saturated rings. The van der Waals surface area contributed by atoms with Gasteiger partial charge in [0, 0.05) is 24.9 Å². The number of nitro groups is 1. The number of nitrogens with zero attached hydrogens (tertiary/aromatic N) is 2. The smallest absolute Gasteiger partial charge is 0.271 e. The minimum absolute atomic E-state index is 0.0982. The summed E-state index contributed by atoms with van der Waals surface area (Å²) in [6.45, 7) is -0.491. The summed E-state index contributed by atoms with van der Waals surface area (Å²) in [6, 6.07) is 9.28. The summed E-state index contributed by atoms with van der Waals surface area (Å²) in [4.78, 5) is 22.2. The third kappa shape index (κ3) is 4.94. The lowest BCUT2D eigenvalue weighted by Crippen LogP contribution is -2.35. The summed E-state index contributed by atoms with van der Waals surface area (Å²) in [5.41, 5.74) is -0.00543. The average molecular weight is 414 g/mol. The third-order valence-electron chi connectivity index (χ3n) is 3.54. The number of anilines is 1. The molecule has 0 aromatic heterocycles. The molecule has 0 heterocycles. The van der Waals surface area contributed by atoms with Gasteiger partial charge in [0.05, 0.1) is 28.5 Å². The van der Waals surface area contributed by atoms with E-state index in [0.29, 0.717) is 5.75 Å². The van der Waals surface area contributed by atoms with Crippen LogP contribution in [0, 0.1) is 10.1 Å². The monoisotopic (exact) mass is 413 g/mol. The van der Waals surface area contributed by atoms with Crippen molar-refractivity contribution in [1.29, 1.82) is 0 Å². The molecule has 0 radical (unpaired) electrons. The second-order valence-corrected chi connectivity index (χ2v) is 7.87. The number of carbonyl (C=O) groups is 1. The first-order valence-corrected chi connectivity index (χ1v) is 9.31. The van der Waals surface area contributed by atoms with Crippen LogP contribution in [0.5, 0.6) is 5.75 Å². The van der Waals surface area contributed by atoms with Gasteiger partial charge in [0.1, 0.15) is 5.75 Å². The predicted molar refractivity (Wildman–Crippen MR) is 99.5 cm³/mol. The molecule has 0 unspecified atom stereocenters.